The summed E-state index contributed by atoms with van der Waals surface area (Å²) in [6.07, 6.45) is 3.41. The monoisotopic (exact) mass is 458 g/mol. The molecule has 0 saturated carbocycles. The van der Waals surface area contributed by atoms with Crippen molar-refractivity contribution in [1.82, 2.24) is 4.98 Å². The van der Waals surface area contributed by atoms with Gasteiger partial charge in [0.2, 0.25) is 0 Å². The van der Waals surface area contributed by atoms with Crippen molar-refractivity contribution in [3.05, 3.63) is 57.4 Å². The van der Waals surface area contributed by atoms with Gasteiger partial charge in [-0.1, -0.05) is 6.07 Å². The average Bonchev–Trinajstić information content (AvgIpc) is 3.35. The van der Waals surface area contributed by atoms with Gasteiger partial charge in [-0.15, -0.1) is 11.3 Å². The molecule has 2 aromatic carbocycles. The highest BCUT2D eigenvalue weighted by Crippen LogP contribution is 2.32. The third-order valence-corrected chi connectivity index (χ3v) is 6.02. The lowest BCUT2D eigenvalue weighted by molar-refractivity contribution is -0.118. The highest BCUT2D eigenvalue weighted by Gasteiger charge is 2.13. The quantitative estimate of drug-likeness (QED) is 0.558. The standard InChI is InChI=1S/C21H19BrN2O3S/c1-26-19-8-6-15(10-17(19)22)18-12-28-21(23-18)24-20(25)11-27-16-7-5-13-3-2-4-14(13)9-16/h5-10,12H,2-4,11H2,1H3,(H,23,24,25). The number of rotatable bonds is 6. The number of halogens is 1. The van der Waals surface area contributed by atoms with Gasteiger partial charge in [-0.3, -0.25) is 10.1 Å². The zero-order valence-corrected chi connectivity index (χ0v) is 17.7. The first-order valence-corrected chi connectivity index (χ1v) is 10.6. The maximum absolute atomic E-state index is 12.2. The highest BCUT2D eigenvalue weighted by atomic mass is 79.9. The summed E-state index contributed by atoms with van der Waals surface area (Å²) in [6.45, 7) is -0.0399. The van der Waals surface area contributed by atoms with E-state index in [0.29, 0.717) is 5.13 Å². The lowest BCUT2D eigenvalue weighted by Gasteiger charge is -2.08. The number of amides is 1. The number of ether oxygens (including phenoxy) is 2. The van der Waals surface area contributed by atoms with Gasteiger partial charge in [0.15, 0.2) is 11.7 Å². The number of aromatic nitrogens is 1. The average molecular weight is 459 g/mol. The number of nitrogens with zero attached hydrogens (tertiary/aromatic N) is 1. The van der Waals surface area contributed by atoms with Crippen LogP contribution in [0.15, 0.2) is 46.3 Å². The Labute approximate surface area is 175 Å². The summed E-state index contributed by atoms with van der Waals surface area (Å²) < 4.78 is 11.7. The van der Waals surface area contributed by atoms with Crippen molar-refractivity contribution in [2.45, 2.75) is 19.3 Å². The fourth-order valence-electron chi connectivity index (χ4n) is 3.23. The van der Waals surface area contributed by atoms with Crippen LogP contribution in [0.5, 0.6) is 11.5 Å². The van der Waals surface area contributed by atoms with E-state index in [2.05, 4.69) is 32.3 Å². The number of hydrogen-bond acceptors (Lipinski definition) is 5. The van der Waals surface area contributed by atoms with Crippen molar-refractivity contribution < 1.29 is 14.3 Å². The Bertz CT molecular complexity index is 1020. The maximum atomic E-state index is 12.2. The van der Waals surface area contributed by atoms with Crippen LogP contribution in [0, 0.1) is 0 Å². The number of aryl methyl sites for hydroxylation is 2. The molecule has 4 rings (SSSR count). The summed E-state index contributed by atoms with van der Waals surface area (Å²) in [6, 6.07) is 11.8. The van der Waals surface area contributed by atoms with Crippen LogP contribution in [0.1, 0.15) is 17.5 Å². The van der Waals surface area contributed by atoms with Crippen LogP contribution in [-0.2, 0) is 17.6 Å². The topological polar surface area (TPSA) is 60.5 Å². The summed E-state index contributed by atoms with van der Waals surface area (Å²) in [5, 5.41) is 5.25. The Hall–Kier alpha value is -2.38. The van der Waals surface area contributed by atoms with Gasteiger partial charge in [0.1, 0.15) is 11.5 Å². The molecule has 0 radical (unpaired) electrons. The number of nitrogens with one attached hydrogen (secondary N) is 1. The van der Waals surface area contributed by atoms with E-state index in [0.717, 1.165) is 40.1 Å². The molecule has 0 spiro atoms. The van der Waals surface area contributed by atoms with Crippen LogP contribution in [-0.4, -0.2) is 24.6 Å². The first kappa shape index (κ1) is 19.0. The molecular weight excluding hydrogens is 440 g/mol. The molecule has 1 aliphatic carbocycles. The molecule has 144 valence electrons. The summed E-state index contributed by atoms with van der Waals surface area (Å²) in [7, 11) is 1.63. The molecule has 0 bridgehead atoms. The van der Waals surface area contributed by atoms with Crippen molar-refractivity contribution in [1.29, 1.82) is 0 Å². The van der Waals surface area contributed by atoms with Gasteiger partial charge in [-0.25, -0.2) is 4.98 Å². The zero-order valence-electron chi connectivity index (χ0n) is 15.3. The molecule has 0 saturated heterocycles. The lowest BCUT2D eigenvalue weighted by atomic mass is 10.1. The second-order valence-corrected chi connectivity index (χ2v) is 8.22. The van der Waals surface area contributed by atoms with E-state index in [1.165, 1.54) is 28.9 Å². The highest BCUT2D eigenvalue weighted by molar-refractivity contribution is 9.10. The van der Waals surface area contributed by atoms with Gasteiger partial charge in [-0.2, -0.15) is 0 Å². The molecule has 1 N–H and O–H groups in total. The van der Waals surface area contributed by atoms with Crippen LogP contribution in [0.4, 0.5) is 5.13 Å². The molecule has 0 atom stereocenters. The molecule has 0 fully saturated rings. The normalized spacial score (nSPS) is 12.5. The predicted molar refractivity (Wildman–Crippen MR) is 114 cm³/mol. The van der Waals surface area contributed by atoms with Crippen molar-refractivity contribution in [3.63, 3.8) is 0 Å². The molecule has 0 unspecified atom stereocenters. The molecular formula is C21H19BrN2O3S. The van der Waals surface area contributed by atoms with Crippen molar-refractivity contribution >= 4 is 38.3 Å². The molecule has 1 aromatic heterocycles. The van der Waals surface area contributed by atoms with Crippen LogP contribution in [0.3, 0.4) is 0 Å². The molecule has 7 heteroatoms. The Morgan fingerprint density at radius 3 is 2.89 bits per heavy atom. The Morgan fingerprint density at radius 1 is 1.21 bits per heavy atom. The third kappa shape index (κ3) is 4.20. The first-order chi connectivity index (χ1) is 13.6. The van der Waals surface area contributed by atoms with E-state index in [1.807, 2.05) is 35.7 Å². The molecule has 28 heavy (non-hydrogen) atoms. The first-order valence-electron chi connectivity index (χ1n) is 8.96. The number of thiazole rings is 1. The van der Waals surface area contributed by atoms with Crippen molar-refractivity contribution in [2.75, 3.05) is 19.0 Å². The van der Waals surface area contributed by atoms with E-state index in [1.54, 1.807) is 7.11 Å². The number of methoxy groups -OCH3 is 1. The lowest BCUT2D eigenvalue weighted by Crippen LogP contribution is -2.20. The molecule has 1 aliphatic rings. The molecule has 3 aromatic rings. The van der Waals surface area contributed by atoms with E-state index >= 15 is 0 Å². The molecule has 1 heterocycles. The maximum Gasteiger partial charge on any atom is 0.264 e. The van der Waals surface area contributed by atoms with Gasteiger partial charge in [0.25, 0.3) is 5.91 Å². The number of carbonyl (C=O) groups excluding carboxylic acids is 1. The van der Waals surface area contributed by atoms with Crippen LogP contribution >= 0.6 is 27.3 Å². The Kier molecular flexibility index (Phi) is 5.64. The fourth-order valence-corrected chi connectivity index (χ4v) is 4.51. The van der Waals surface area contributed by atoms with E-state index in [4.69, 9.17) is 9.47 Å². The van der Waals surface area contributed by atoms with Gasteiger partial charge in [0.05, 0.1) is 17.3 Å². The van der Waals surface area contributed by atoms with Crippen molar-refractivity contribution in [3.8, 4) is 22.8 Å². The summed E-state index contributed by atoms with van der Waals surface area (Å²) in [4.78, 5) is 16.7. The van der Waals surface area contributed by atoms with Gasteiger partial charge in [-0.05, 0) is 76.7 Å². The molecule has 1 amide bonds. The Balaban J connectivity index is 1.36. The zero-order chi connectivity index (χ0) is 19.5. The van der Waals surface area contributed by atoms with Crippen molar-refractivity contribution in [2.24, 2.45) is 0 Å². The van der Waals surface area contributed by atoms with E-state index in [-0.39, 0.29) is 12.5 Å². The molecule has 5 nitrogen and oxygen atoms in total. The summed E-state index contributed by atoms with van der Waals surface area (Å²) in [5.74, 6) is 1.27. The van der Waals surface area contributed by atoms with Crippen LogP contribution in [0.25, 0.3) is 11.3 Å². The number of carbonyl (C=O) groups is 1. The number of hydrogen-bond donors (Lipinski definition) is 1. The predicted octanol–water partition coefficient (Wildman–Crippen LogP) is 5.09. The smallest absolute Gasteiger partial charge is 0.264 e. The van der Waals surface area contributed by atoms with Gasteiger partial charge in [0, 0.05) is 10.9 Å². The van der Waals surface area contributed by atoms with E-state index in [9.17, 15) is 4.79 Å². The second-order valence-electron chi connectivity index (χ2n) is 6.51. The van der Waals surface area contributed by atoms with E-state index < -0.39 is 0 Å². The van der Waals surface area contributed by atoms with Gasteiger partial charge < -0.3 is 9.47 Å². The number of benzene rings is 2. The van der Waals surface area contributed by atoms with Crippen LogP contribution in [0.2, 0.25) is 0 Å². The van der Waals surface area contributed by atoms with Gasteiger partial charge >= 0.3 is 0 Å². The molecule has 0 aliphatic heterocycles. The minimum absolute atomic E-state index is 0.0399. The SMILES string of the molecule is COc1ccc(-c2csc(NC(=O)COc3ccc4c(c3)CCC4)n2)cc1Br. The summed E-state index contributed by atoms with van der Waals surface area (Å²) in [5.41, 5.74) is 4.45. The minimum Gasteiger partial charge on any atom is -0.496 e. The Morgan fingerprint density at radius 2 is 2.07 bits per heavy atom. The summed E-state index contributed by atoms with van der Waals surface area (Å²) >= 11 is 4.86. The minimum atomic E-state index is -0.225. The number of fused-ring (bicyclic) bond motifs is 1. The number of anilines is 1. The second kappa shape index (κ2) is 8.32. The van der Waals surface area contributed by atoms with Crippen LogP contribution < -0.4 is 14.8 Å². The fraction of sp³-hybridized carbons (Fsp3) is 0.238. The third-order valence-electron chi connectivity index (χ3n) is 4.64. The largest absolute Gasteiger partial charge is 0.496 e.